The van der Waals surface area contributed by atoms with Crippen molar-refractivity contribution in [3.8, 4) is 0 Å². The van der Waals surface area contributed by atoms with E-state index in [2.05, 4.69) is 10.3 Å². The molecule has 15 heavy (non-hydrogen) atoms. The van der Waals surface area contributed by atoms with Crippen molar-refractivity contribution in [3.05, 3.63) is 29.6 Å². The highest BCUT2D eigenvalue weighted by atomic mass is 16.2. The fraction of sp³-hybridized carbons (Fsp3) is 0.455. The average molecular weight is 207 g/mol. The van der Waals surface area contributed by atoms with E-state index in [0.717, 1.165) is 11.3 Å². The van der Waals surface area contributed by atoms with E-state index < -0.39 is 5.54 Å². The SMILES string of the molecule is Cc1ccc(CNC(=O)C(C)(C)N)cn1. The zero-order valence-electron chi connectivity index (χ0n) is 9.37. The topological polar surface area (TPSA) is 68.0 Å². The maximum Gasteiger partial charge on any atom is 0.239 e. The van der Waals surface area contributed by atoms with Crippen LogP contribution < -0.4 is 11.1 Å². The number of amides is 1. The number of rotatable bonds is 3. The van der Waals surface area contributed by atoms with Crippen molar-refractivity contribution in [2.45, 2.75) is 32.9 Å². The molecule has 1 rings (SSSR count). The number of aryl methyl sites for hydroxylation is 1. The molecule has 0 aliphatic carbocycles. The Balaban J connectivity index is 2.51. The van der Waals surface area contributed by atoms with Crippen LogP contribution in [0.4, 0.5) is 0 Å². The normalized spacial score (nSPS) is 11.2. The molecule has 1 amide bonds. The molecule has 0 unspecified atom stereocenters. The summed E-state index contributed by atoms with van der Waals surface area (Å²) in [5.41, 5.74) is 6.74. The zero-order chi connectivity index (χ0) is 11.5. The van der Waals surface area contributed by atoms with Gasteiger partial charge in [0.25, 0.3) is 0 Å². The van der Waals surface area contributed by atoms with Gasteiger partial charge < -0.3 is 11.1 Å². The largest absolute Gasteiger partial charge is 0.350 e. The monoisotopic (exact) mass is 207 g/mol. The van der Waals surface area contributed by atoms with Gasteiger partial charge in [0.1, 0.15) is 0 Å². The summed E-state index contributed by atoms with van der Waals surface area (Å²) in [6.07, 6.45) is 1.75. The average Bonchev–Trinajstić information content (AvgIpc) is 2.15. The number of hydrogen-bond acceptors (Lipinski definition) is 3. The summed E-state index contributed by atoms with van der Waals surface area (Å²) in [5, 5.41) is 2.75. The van der Waals surface area contributed by atoms with Gasteiger partial charge in [-0.3, -0.25) is 9.78 Å². The molecule has 4 nitrogen and oxygen atoms in total. The predicted molar refractivity (Wildman–Crippen MR) is 59.1 cm³/mol. The molecule has 0 aliphatic rings. The molecule has 0 spiro atoms. The molecule has 0 fully saturated rings. The third-order valence-corrected chi connectivity index (χ3v) is 2.01. The van der Waals surface area contributed by atoms with E-state index >= 15 is 0 Å². The number of nitrogens with one attached hydrogen (secondary N) is 1. The van der Waals surface area contributed by atoms with Crippen molar-refractivity contribution in [3.63, 3.8) is 0 Å². The number of carbonyl (C=O) groups is 1. The molecule has 0 saturated heterocycles. The first-order valence-electron chi connectivity index (χ1n) is 4.88. The van der Waals surface area contributed by atoms with Crippen molar-refractivity contribution >= 4 is 5.91 Å². The standard InChI is InChI=1S/C11H17N3O/c1-8-4-5-9(6-13-8)7-14-10(15)11(2,3)12/h4-6H,7,12H2,1-3H3,(H,14,15). The third-order valence-electron chi connectivity index (χ3n) is 2.01. The second-order valence-electron chi connectivity index (χ2n) is 4.21. The van der Waals surface area contributed by atoms with Gasteiger partial charge in [0.15, 0.2) is 0 Å². The molecule has 1 aromatic rings. The summed E-state index contributed by atoms with van der Waals surface area (Å²) in [6.45, 7) is 5.74. The lowest BCUT2D eigenvalue weighted by Crippen LogP contribution is -2.48. The van der Waals surface area contributed by atoms with Gasteiger partial charge >= 0.3 is 0 Å². The molecule has 0 atom stereocenters. The Hall–Kier alpha value is -1.42. The van der Waals surface area contributed by atoms with E-state index in [1.54, 1.807) is 20.0 Å². The Labute approximate surface area is 89.9 Å². The molecular weight excluding hydrogens is 190 g/mol. The van der Waals surface area contributed by atoms with Crippen LogP contribution in [0.3, 0.4) is 0 Å². The maximum atomic E-state index is 11.4. The van der Waals surface area contributed by atoms with E-state index in [1.165, 1.54) is 0 Å². The van der Waals surface area contributed by atoms with Crippen LogP contribution in [0.25, 0.3) is 0 Å². The van der Waals surface area contributed by atoms with Gasteiger partial charge in [0.2, 0.25) is 5.91 Å². The molecule has 0 aliphatic heterocycles. The smallest absolute Gasteiger partial charge is 0.239 e. The molecule has 0 aromatic carbocycles. The van der Waals surface area contributed by atoms with Crippen LogP contribution in [0.2, 0.25) is 0 Å². The molecular formula is C11H17N3O. The van der Waals surface area contributed by atoms with Crippen molar-refractivity contribution in [1.29, 1.82) is 0 Å². The summed E-state index contributed by atoms with van der Waals surface area (Å²) in [4.78, 5) is 15.6. The van der Waals surface area contributed by atoms with Gasteiger partial charge in [-0.2, -0.15) is 0 Å². The second-order valence-corrected chi connectivity index (χ2v) is 4.21. The van der Waals surface area contributed by atoms with Gasteiger partial charge in [-0.05, 0) is 32.4 Å². The number of aromatic nitrogens is 1. The predicted octanol–water partition coefficient (Wildman–Crippen LogP) is 0.744. The molecule has 4 heteroatoms. The summed E-state index contributed by atoms with van der Waals surface area (Å²) in [5.74, 6) is -0.164. The Morgan fingerprint density at radius 1 is 1.53 bits per heavy atom. The lowest BCUT2D eigenvalue weighted by molar-refractivity contribution is -0.125. The maximum absolute atomic E-state index is 11.4. The summed E-state index contributed by atoms with van der Waals surface area (Å²) in [6, 6.07) is 3.85. The molecule has 0 saturated carbocycles. The van der Waals surface area contributed by atoms with Crippen molar-refractivity contribution in [2.75, 3.05) is 0 Å². The number of hydrogen-bond donors (Lipinski definition) is 2. The summed E-state index contributed by atoms with van der Waals surface area (Å²) < 4.78 is 0. The Kier molecular flexibility index (Phi) is 3.42. The number of carbonyl (C=O) groups excluding carboxylic acids is 1. The number of nitrogens with two attached hydrogens (primary N) is 1. The first-order valence-corrected chi connectivity index (χ1v) is 4.88. The quantitative estimate of drug-likeness (QED) is 0.768. The molecule has 0 bridgehead atoms. The lowest BCUT2D eigenvalue weighted by atomic mass is 10.1. The number of pyridine rings is 1. The highest BCUT2D eigenvalue weighted by Crippen LogP contribution is 2.01. The minimum atomic E-state index is -0.835. The van der Waals surface area contributed by atoms with Crippen molar-refractivity contribution < 1.29 is 4.79 Å². The van der Waals surface area contributed by atoms with Crippen molar-refractivity contribution in [2.24, 2.45) is 5.73 Å². The fourth-order valence-corrected chi connectivity index (χ4v) is 1.01. The van der Waals surface area contributed by atoms with E-state index in [-0.39, 0.29) is 5.91 Å². The van der Waals surface area contributed by atoms with Gasteiger partial charge in [0, 0.05) is 18.4 Å². The van der Waals surface area contributed by atoms with Crippen LogP contribution in [0, 0.1) is 6.92 Å². The molecule has 1 heterocycles. The minimum absolute atomic E-state index is 0.164. The second kappa shape index (κ2) is 4.40. The highest BCUT2D eigenvalue weighted by molar-refractivity contribution is 5.84. The first-order chi connectivity index (χ1) is 6.89. The van der Waals surface area contributed by atoms with Crippen LogP contribution >= 0.6 is 0 Å². The summed E-state index contributed by atoms with van der Waals surface area (Å²) in [7, 11) is 0. The van der Waals surface area contributed by atoms with Crippen LogP contribution in [0.15, 0.2) is 18.3 Å². The fourth-order valence-electron chi connectivity index (χ4n) is 1.01. The highest BCUT2D eigenvalue weighted by Gasteiger charge is 2.20. The van der Waals surface area contributed by atoms with Crippen LogP contribution in [0.5, 0.6) is 0 Å². The van der Waals surface area contributed by atoms with Gasteiger partial charge in [-0.1, -0.05) is 6.07 Å². The van der Waals surface area contributed by atoms with E-state index in [0.29, 0.717) is 6.54 Å². The van der Waals surface area contributed by atoms with Gasteiger partial charge in [-0.15, -0.1) is 0 Å². The van der Waals surface area contributed by atoms with Gasteiger partial charge in [-0.25, -0.2) is 0 Å². The third kappa shape index (κ3) is 3.67. The summed E-state index contributed by atoms with van der Waals surface area (Å²) >= 11 is 0. The zero-order valence-corrected chi connectivity index (χ0v) is 9.37. The molecule has 3 N–H and O–H groups in total. The minimum Gasteiger partial charge on any atom is -0.350 e. The van der Waals surface area contributed by atoms with E-state index in [9.17, 15) is 4.79 Å². The Bertz CT molecular complexity index is 338. The van der Waals surface area contributed by atoms with Crippen LogP contribution in [0.1, 0.15) is 25.1 Å². The Morgan fingerprint density at radius 3 is 2.67 bits per heavy atom. The Morgan fingerprint density at radius 2 is 2.20 bits per heavy atom. The lowest BCUT2D eigenvalue weighted by Gasteiger charge is -2.17. The van der Waals surface area contributed by atoms with E-state index in [4.69, 9.17) is 5.73 Å². The first kappa shape index (κ1) is 11.7. The van der Waals surface area contributed by atoms with Crippen LogP contribution in [-0.2, 0) is 11.3 Å². The van der Waals surface area contributed by atoms with Crippen molar-refractivity contribution in [1.82, 2.24) is 10.3 Å². The van der Waals surface area contributed by atoms with Crippen LogP contribution in [-0.4, -0.2) is 16.4 Å². The molecule has 1 aromatic heterocycles. The molecule has 0 radical (unpaired) electrons. The number of nitrogens with zero attached hydrogens (tertiary/aromatic N) is 1. The van der Waals surface area contributed by atoms with Gasteiger partial charge in [0.05, 0.1) is 5.54 Å². The van der Waals surface area contributed by atoms with E-state index in [1.807, 2.05) is 19.1 Å². The molecule has 82 valence electrons.